The third-order valence-corrected chi connectivity index (χ3v) is 7.10. The Morgan fingerprint density at radius 2 is 1.72 bits per heavy atom. The highest BCUT2D eigenvalue weighted by Gasteiger charge is 2.29. The van der Waals surface area contributed by atoms with Crippen LogP contribution in [-0.2, 0) is 14.8 Å². The van der Waals surface area contributed by atoms with Gasteiger partial charge >= 0.3 is 0 Å². The molecule has 1 aliphatic rings. The molecule has 0 unspecified atom stereocenters. The van der Waals surface area contributed by atoms with Crippen molar-refractivity contribution >= 4 is 21.6 Å². The maximum atomic E-state index is 14.4. The van der Waals surface area contributed by atoms with Crippen LogP contribution in [0.5, 0.6) is 0 Å². The molecule has 1 amide bonds. The number of nitrogens with one attached hydrogen (secondary N) is 1. The summed E-state index contributed by atoms with van der Waals surface area (Å²) in [5, 5.41) is 2.84. The van der Waals surface area contributed by atoms with Gasteiger partial charge in [-0.15, -0.1) is 0 Å². The Labute approximate surface area is 172 Å². The third-order valence-electron chi connectivity index (χ3n) is 5.33. The smallest absolute Gasteiger partial charge is 0.264 e. The van der Waals surface area contributed by atoms with Gasteiger partial charge in [0.05, 0.1) is 10.6 Å². The van der Waals surface area contributed by atoms with Gasteiger partial charge in [0.25, 0.3) is 10.0 Å². The molecule has 7 heteroatoms. The zero-order valence-corrected chi connectivity index (χ0v) is 17.4. The first-order valence-electron chi connectivity index (χ1n) is 9.98. The van der Waals surface area contributed by atoms with Crippen molar-refractivity contribution in [1.82, 2.24) is 5.32 Å². The SMILES string of the molecule is Cc1ccc(S(=O)(=O)N(CC(=O)NCC2CCCCC2)c2ccccc2F)cc1. The van der Waals surface area contributed by atoms with E-state index < -0.39 is 28.3 Å². The van der Waals surface area contributed by atoms with E-state index in [4.69, 9.17) is 0 Å². The summed E-state index contributed by atoms with van der Waals surface area (Å²) in [5.41, 5.74) is 0.771. The van der Waals surface area contributed by atoms with E-state index in [-0.39, 0.29) is 10.6 Å². The van der Waals surface area contributed by atoms with Crippen LogP contribution < -0.4 is 9.62 Å². The quantitative estimate of drug-likeness (QED) is 0.738. The second-order valence-electron chi connectivity index (χ2n) is 7.58. The number of sulfonamides is 1. The number of carbonyl (C=O) groups is 1. The summed E-state index contributed by atoms with van der Waals surface area (Å²) in [6, 6.07) is 11.9. The van der Waals surface area contributed by atoms with Crippen molar-refractivity contribution in [2.75, 3.05) is 17.4 Å². The minimum Gasteiger partial charge on any atom is -0.354 e. The van der Waals surface area contributed by atoms with E-state index in [0.29, 0.717) is 12.5 Å². The summed E-state index contributed by atoms with van der Waals surface area (Å²) < 4.78 is 41.7. The van der Waals surface area contributed by atoms with Gasteiger partial charge in [-0.25, -0.2) is 12.8 Å². The molecular formula is C22H27FN2O3S. The number of nitrogens with zero attached hydrogens (tertiary/aromatic N) is 1. The fourth-order valence-electron chi connectivity index (χ4n) is 3.63. The molecule has 5 nitrogen and oxygen atoms in total. The summed E-state index contributed by atoms with van der Waals surface area (Å²) >= 11 is 0. The molecule has 1 aliphatic carbocycles. The Morgan fingerprint density at radius 1 is 1.07 bits per heavy atom. The molecule has 1 fully saturated rings. The molecular weight excluding hydrogens is 391 g/mol. The minimum absolute atomic E-state index is 0.0198. The lowest BCUT2D eigenvalue weighted by atomic mass is 9.89. The van der Waals surface area contributed by atoms with Crippen molar-refractivity contribution in [2.45, 2.75) is 43.9 Å². The van der Waals surface area contributed by atoms with Crippen LogP contribution in [0, 0.1) is 18.7 Å². The summed E-state index contributed by atoms with van der Waals surface area (Å²) in [7, 11) is -4.10. The number of aryl methyl sites for hydroxylation is 1. The fraction of sp³-hybridized carbons (Fsp3) is 0.409. The van der Waals surface area contributed by atoms with Gasteiger partial charge in [-0.3, -0.25) is 9.10 Å². The molecule has 0 radical (unpaired) electrons. The highest BCUT2D eigenvalue weighted by Crippen LogP contribution is 2.26. The van der Waals surface area contributed by atoms with Crippen LogP contribution in [0.4, 0.5) is 10.1 Å². The van der Waals surface area contributed by atoms with E-state index in [1.165, 1.54) is 36.8 Å². The average molecular weight is 419 g/mol. The molecule has 0 spiro atoms. The van der Waals surface area contributed by atoms with Crippen molar-refractivity contribution in [3.05, 3.63) is 59.9 Å². The number of rotatable bonds is 7. The van der Waals surface area contributed by atoms with E-state index in [9.17, 15) is 17.6 Å². The molecule has 0 atom stereocenters. The van der Waals surface area contributed by atoms with E-state index in [1.54, 1.807) is 18.2 Å². The Balaban J connectivity index is 1.82. The first-order valence-corrected chi connectivity index (χ1v) is 11.4. The van der Waals surface area contributed by atoms with Gasteiger partial charge < -0.3 is 5.32 Å². The molecule has 0 aromatic heterocycles. The number of para-hydroxylation sites is 1. The summed E-state index contributed by atoms with van der Waals surface area (Å²) in [6.07, 6.45) is 5.67. The Bertz CT molecular complexity index is 939. The lowest BCUT2D eigenvalue weighted by Gasteiger charge is -2.26. The summed E-state index contributed by atoms with van der Waals surface area (Å²) in [4.78, 5) is 12.6. The number of hydrogen-bond donors (Lipinski definition) is 1. The fourth-order valence-corrected chi connectivity index (χ4v) is 5.06. The van der Waals surface area contributed by atoms with Crippen molar-refractivity contribution < 1.29 is 17.6 Å². The maximum absolute atomic E-state index is 14.4. The largest absolute Gasteiger partial charge is 0.354 e. The van der Waals surface area contributed by atoms with Gasteiger partial charge in [0.1, 0.15) is 12.4 Å². The van der Waals surface area contributed by atoms with Crippen LogP contribution in [-0.4, -0.2) is 27.4 Å². The number of hydrogen-bond acceptors (Lipinski definition) is 3. The van der Waals surface area contributed by atoms with Gasteiger partial charge in [-0.1, -0.05) is 49.1 Å². The molecule has 2 aromatic carbocycles. The predicted molar refractivity (Wildman–Crippen MR) is 112 cm³/mol. The van der Waals surface area contributed by atoms with Crippen molar-refractivity contribution in [3.63, 3.8) is 0 Å². The first kappa shape index (κ1) is 21.3. The summed E-state index contributed by atoms with van der Waals surface area (Å²) in [6.45, 7) is 1.90. The molecule has 0 bridgehead atoms. The van der Waals surface area contributed by atoms with Gasteiger partial charge in [-0.05, 0) is 49.9 Å². The van der Waals surface area contributed by atoms with Gasteiger partial charge in [0.15, 0.2) is 0 Å². The van der Waals surface area contributed by atoms with Gasteiger partial charge in [-0.2, -0.15) is 0 Å². The van der Waals surface area contributed by atoms with Gasteiger partial charge in [0.2, 0.25) is 5.91 Å². The van der Waals surface area contributed by atoms with Gasteiger partial charge in [0, 0.05) is 6.54 Å². The summed E-state index contributed by atoms with van der Waals surface area (Å²) in [5.74, 6) is -0.707. The van der Waals surface area contributed by atoms with E-state index in [0.717, 1.165) is 35.6 Å². The standard InChI is InChI=1S/C22H27FN2O3S/c1-17-11-13-19(14-12-17)29(27,28)25(21-10-6-5-9-20(21)23)16-22(26)24-15-18-7-3-2-4-8-18/h5-6,9-14,18H,2-4,7-8,15-16H2,1H3,(H,24,26). The number of halogens is 1. The molecule has 2 aromatic rings. The number of anilines is 1. The first-order chi connectivity index (χ1) is 13.9. The number of benzene rings is 2. The van der Waals surface area contributed by atoms with Crippen molar-refractivity contribution in [2.24, 2.45) is 5.92 Å². The second-order valence-corrected chi connectivity index (χ2v) is 9.45. The lowest BCUT2D eigenvalue weighted by molar-refractivity contribution is -0.119. The monoisotopic (exact) mass is 418 g/mol. The van der Waals surface area contributed by atoms with Crippen LogP contribution in [0.1, 0.15) is 37.7 Å². The molecule has 1 N–H and O–H groups in total. The van der Waals surface area contributed by atoms with E-state index in [1.807, 2.05) is 6.92 Å². The number of amides is 1. The van der Waals surface area contributed by atoms with Crippen LogP contribution in [0.2, 0.25) is 0 Å². The molecule has 0 saturated heterocycles. The molecule has 156 valence electrons. The van der Waals surface area contributed by atoms with Crippen molar-refractivity contribution in [1.29, 1.82) is 0 Å². The molecule has 0 heterocycles. The highest BCUT2D eigenvalue weighted by molar-refractivity contribution is 7.92. The lowest BCUT2D eigenvalue weighted by Crippen LogP contribution is -2.42. The molecule has 3 rings (SSSR count). The molecule has 29 heavy (non-hydrogen) atoms. The highest BCUT2D eigenvalue weighted by atomic mass is 32.2. The zero-order valence-electron chi connectivity index (χ0n) is 16.6. The Kier molecular flexibility index (Phi) is 6.90. The topological polar surface area (TPSA) is 66.5 Å². The zero-order chi connectivity index (χ0) is 20.9. The predicted octanol–water partition coefficient (Wildman–Crippen LogP) is 4.03. The molecule has 0 aliphatic heterocycles. The van der Waals surface area contributed by atoms with E-state index in [2.05, 4.69) is 5.32 Å². The van der Waals surface area contributed by atoms with Crippen LogP contribution in [0.15, 0.2) is 53.4 Å². The second kappa shape index (κ2) is 9.39. The number of carbonyl (C=O) groups excluding carboxylic acids is 1. The minimum atomic E-state index is -4.10. The van der Waals surface area contributed by atoms with Crippen LogP contribution >= 0.6 is 0 Å². The third kappa shape index (κ3) is 5.35. The Hall–Kier alpha value is -2.41. The van der Waals surface area contributed by atoms with Crippen LogP contribution in [0.3, 0.4) is 0 Å². The Morgan fingerprint density at radius 3 is 2.38 bits per heavy atom. The normalized spacial score (nSPS) is 15.1. The maximum Gasteiger partial charge on any atom is 0.264 e. The average Bonchev–Trinajstić information content (AvgIpc) is 2.72. The van der Waals surface area contributed by atoms with E-state index >= 15 is 0 Å². The molecule has 1 saturated carbocycles. The van der Waals surface area contributed by atoms with Crippen LogP contribution in [0.25, 0.3) is 0 Å². The van der Waals surface area contributed by atoms with Crippen molar-refractivity contribution in [3.8, 4) is 0 Å².